The topological polar surface area (TPSA) is 38.8 Å². The molecule has 0 aromatic carbocycles. The number of thiophene rings is 1. The summed E-state index contributed by atoms with van der Waals surface area (Å²) < 4.78 is 10.4. The molecule has 1 amide bonds. The number of hydrogen-bond donors (Lipinski definition) is 0. The van der Waals surface area contributed by atoms with Gasteiger partial charge in [-0.3, -0.25) is 0 Å². The third-order valence-electron chi connectivity index (χ3n) is 2.97. The van der Waals surface area contributed by atoms with Crippen LogP contribution >= 0.6 is 11.3 Å². The number of ether oxygens (including phenoxy) is 2. The fourth-order valence-electron chi connectivity index (χ4n) is 1.81. The lowest BCUT2D eigenvalue weighted by Crippen LogP contribution is -2.33. The summed E-state index contributed by atoms with van der Waals surface area (Å²) in [6, 6.07) is 4.02. The molecule has 0 saturated carbocycles. The van der Waals surface area contributed by atoms with E-state index in [2.05, 4.69) is 6.92 Å². The Morgan fingerprint density at radius 1 is 1.30 bits per heavy atom. The Morgan fingerprint density at radius 2 is 2.15 bits per heavy atom. The van der Waals surface area contributed by atoms with E-state index in [9.17, 15) is 4.79 Å². The van der Waals surface area contributed by atoms with E-state index in [1.165, 1.54) is 12.8 Å². The number of unbranched alkanes of at least 4 members (excludes halogenated alkanes) is 3. The van der Waals surface area contributed by atoms with Gasteiger partial charge in [0, 0.05) is 18.5 Å². The summed E-state index contributed by atoms with van der Waals surface area (Å²) in [4.78, 5) is 14.9. The molecule has 1 rings (SSSR count). The summed E-state index contributed by atoms with van der Waals surface area (Å²) in [5.74, 6) is 0. The van der Waals surface area contributed by atoms with Gasteiger partial charge in [0.15, 0.2) is 0 Å². The fourth-order valence-corrected chi connectivity index (χ4v) is 2.53. The van der Waals surface area contributed by atoms with E-state index in [-0.39, 0.29) is 6.09 Å². The van der Waals surface area contributed by atoms with Gasteiger partial charge in [-0.05, 0) is 17.9 Å². The number of amides is 1. The Bertz CT molecular complexity index is 354. The van der Waals surface area contributed by atoms with Gasteiger partial charge >= 0.3 is 6.09 Å². The van der Waals surface area contributed by atoms with Crippen molar-refractivity contribution in [3.8, 4) is 0 Å². The van der Waals surface area contributed by atoms with Crippen molar-refractivity contribution >= 4 is 17.4 Å². The van der Waals surface area contributed by atoms with Gasteiger partial charge in [-0.2, -0.15) is 0 Å². The molecule has 0 unspecified atom stereocenters. The van der Waals surface area contributed by atoms with Crippen LogP contribution in [0.15, 0.2) is 17.5 Å². The highest BCUT2D eigenvalue weighted by molar-refractivity contribution is 7.09. The molecule has 5 heteroatoms. The highest BCUT2D eigenvalue weighted by Gasteiger charge is 2.15. The van der Waals surface area contributed by atoms with Gasteiger partial charge in [0.2, 0.25) is 0 Å². The molecule has 0 radical (unpaired) electrons. The molecule has 0 saturated heterocycles. The number of carbonyl (C=O) groups is 1. The van der Waals surface area contributed by atoms with Crippen molar-refractivity contribution in [3.05, 3.63) is 22.4 Å². The molecule has 1 aromatic rings. The normalized spacial score (nSPS) is 10.5. The van der Waals surface area contributed by atoms with Crippen LogP contribution in [0.25, 0.3) is 0 Å². The van der Waals surface area contributed by atoms with E-state index < -0.39 is 0 Å². The van der Waals surface area contributed by atoms with E-state index in [1.54, 1.807) is 23.3 Å². The summed E-state index contributed by atoms with van der Waals surface area (Å²) >= 11 is 1.65. The van der Waals surface area contributed by atoms with Gasteiger partial charge in [0.1, 0.15) is 0 Å². The predicted molar refractivity (Wildman–Crippen MR) is 82.1 cm³/mol. The highest BCUT2D eigenvalue weighted by Crippen LogP contribution is 2.12. The standard InChI is InChI=1S/C15H25NO3S/c1-3-4-5-6-10-19-15(17)16(9-11-18-2)13-14-8-7-12-20-14/h7-8,12H,3-6,9-11,13H2,1-2H3. The monoisotopic (exact) mass is 299 g/mol. The zero-order chi connectivity index (χ0) is 14.6. The van der Waals surface area contributed by atoms with E-state index in [0.29, 0.717) is 26.3 Å². The van der Waals surface area contributed by atoms with E-state index in [4.69, 9.17) is 9.47 Å². The molecule has 0 spiro atoms. The number of nitrogens with zero attached hydrogens (tertiary/aromatic N) is 1. The van der Waals surface area contributed by atoms with Crippen LogP contribution in [0.2, 0.25) is 0 Å². The van der Waals surface area contributed by atoms with Crippen LogP contribution in [0.1, 0.15) is 37.5 Å². The molecule has 0 aliphatic carbocycles. The molecule has 0 atom stereocenters. The van der Waals surface area contributed by atoms with Crippen molar-refractivity contribution < 1.29 is 14.3 Å². The van der Waals surface area contributed by atoms with Gasteiger partial charge in [-0.15, -0.1) is 11.3 Å². The van der Waals surface area contributed by atoms with Crippen molar-refractivity contribution in [1.29, 1.82) is 0 Å². The second-order valence-electron chi connectivity index (χ2n) is 4.67. The molecule has 0 fully saturated rings. The van der Waals surface area contributed by atoms with Gasteiger partial charge < -0.3 is 14.4 Å². The lowest BCUT2D eigenvalue weighted by atomic mass is 10.2. The molecule has 20 heavy (non-hydrogen) atoms. The van der Waals surface area contributed by atoms with Gasteiger partial charge in [-0.1, -0.05) is 32.3 Å². The quantitative estimate of drug-likeness (QED) is 0.615. The third-order valence-corrected chi connectivity index (χ3v) is 3.83. The van der Waals surface area contributed by atoms with Crippen LogP contribution in [0.3, 0.4) is 0 Å². The summed E-state index contributed by atoms with van der Waals surface area (Å²) in [7, 11) is 1.64. The Morgan fingerprint density at radius 3 is 2.80 bits per heavy atom. The highest BCUT2D eigenvalue weighted by atomic mass is 32.1. The fraction of sp³-hybridized carbons (Fsp3) is 0.667. The zero-order valence-electron chi connectivity index (χ0n) is 12.5. The van der Waals surface area contributed by atoms with Gasteiger partial charge in [-0.25, -0.2) is 4.79 Å². The lowest BCUT2D eigenvalue weighted by Gasteiger charge is -2.21. The Hall–Kier alpha value is -1.07. The van der Waals surface area contributed by atoms with Crippen molar-refractivity contribution in [2.75, 3.05) is 26.9 Å². The van der Waals surface area contributed by atoms with Crippen LogP contribution in [0, 0.1) is 0 Å². The van der Waals surface area contributed by atoms with Crippen molar-refractivity contribution in [2.24, 2.45) is 0 Å². The molecule has 1 heterocycles. The minimum atomic E-state index is -0.244. The molecule has 0 N–H and O–H groups in total. The first kappa shape index (κ1) is 17.0. The molecule has 0 aliphatic rings. The smallest absolute Gasteiger partial charge is 0.410 e. The summed E-state index contributed by atoms with van der Waals surface area (Å²) in [6.45, 7) is 4.35. The summed E-state index contributed by atoms with van der Waals surface area (Å²) in [5.41, 5.74) is 0. The molecular weight excluding hydrogens is 274 g/mol. The van der Waals surface area contributed by atoms with E-state index >= 15 is 0 Å². The third kappa shape index (κ3) is 6.91. The second-order valence-corrected chi connectivity index (χ2v) is 5.70. The zero-order valence-corrected chi connectivity index (χ0v) is 13.3. The van der Waals surface area contributed by atoms with Crippen LogP contribution < -0.4 is 0 Å². The average molecular weight is 299 g/mol. The van der Waals surface area contributed by atoms with Gasteiger partial charge in [0.05, 0.1) is 19.8 Å². The largest absolute Gasteiger partial charge is 0.449 e. The van der Waals surface area contributed by atoms with Crippen LogP contribution in [0.5, 0.6) is 0 Å². The molecule has 114 valence electrons. The van der Waals surface area contributed by atoms with Crippen LogP contribution in [0.4, 0.5) is 4.79 Å². The molecular formula is C15H25NO3S. The Kier molecular flexibility index (Phi) is 9.07. The minimum absolute atomic E-state index is 0.244. The van der Waals surface area contributed by atoms with E-state index in [0.717, 1.165) is 17.7 Å². The predicted octanol–water partition coefficient (Wildman–Crippen LogP) is 3.91. The lowest BCUT2D eigenvalue weighted by molar-refractivity contribution is 0.0837. The first-order valence-electron chi connectivity index (χ1n) is 7.21. The first-order chi connectivity index (χ1) is 9.77. The molecule has 0 aliphatic heterocycles. The Balaban J connectivity index is 2.35. The second kappa shape index (κ2) is 10.7. The SMILES string of the molecule is CCCCCCOC(=O)N(CCOC)Cc1cccs1. The van der Waals surface area contributed by atoms with Crippen molar-refractivity contribution in [3.63, 3.8) is 0 Å². The molecule has 0 bridgehead atoms. The molecule has 1 aromatic heterocycles. The first-order valence-corrected chi connectivity index (χ1v) is 8.09. The van der Waals surface area contributed by atoms with Crippen molar-refractivity contribution in [1.82, 2.24) is 4.90 Å². The Labute approximate surface area is 125 Å². The maximum atomic E-state index is 12.1. The van der Waals surface area contributed by atoms with Crippen molar-refractivity contribution in [2.45, 2.75) is 39.2 Å². The number of rotatable bonds is 10. The molecule has 4 nitrogen and oxygen atoms in total. The average Bonchev–Trinajstić information content (AvgIpc) is 2.96. The minimum Gasteiger partial charge on any atom is -0.449 e. The van der Waals surface area contributed by atoms with Crippen LogP contribution in [-0.4, -0.2) is 37.9 Å². The van der Waals surface area contributed by atoms with Gasteiger partial charge in [0.25, 0.3) is 0 Å². The number of carbonyl (C=O) groups excluding carboxylic acids is 1. The summed E-state index contributed by atoms with van der Waals surface area (Å²) in [5, 5.41) is 2.01. The maximum Gasteiger partial charge on any atom is 0.410 e. The number of methoxy groups -OCH3 is 1. The number of hydrogen-bond acceptors (Lipinski definition) is 4. The van der Waals surface area contributed by atoms with E-state index in [1.807, 2.05) is 17.5 Å². The van der Waals surface area contributed by atoms with Crippen LogP contribution in [-0.2, 0) is 16.0 Å². The summed E-state index contributed by atoms with van der Waals surface area (Å²) in [6.07, 6.45) is 4.20. The maximum absolute atomic E-state index is 12.1.